The van der Waals surface area contributed by atoms with Crippen LogP contribution in [-0.4, -0.2) is 15.0 Å². The van der Waals surface area contributed by atoms with Gasteiger partial charge in [0.25, 0.3) is 5.56 Å². The van der Waals surface area contributed by atoms with Gasteiger partial charge in [-0.25, -0.2) is 4.79 Å². The van der Waals surface area contributed by atoms with Gasteiger partial charge in [0.15, 0.2) is 0 Å². The molecular weight excluding hydrogens is 382 g/mol. The number of amides is 1. The van der Waals surface area contributed by atoms with E-state index >= 15 is 0 Å². The quantitative estimate of drug-likeness (QED) is 0.553. The van der Waals surface area contributed by atoms with E-state index in [-0.39, 0.29) is 24.1 Å². The first kappa shape index (κ1) is 19.7. The Morgan fingerprint density at radius 1 is 1.07 bits per heavy atom. The van der Waals surface area contributed by atoms with Crippen LogP contribution in [0.2, 0.25) is 0 Å². The van der Waals surface area contributed by atoms with E-state index in [1.807, 2.05) is 31.2 Å². The molecule has 0 aliphatic rings. The molecule has 154 valence electrons. The Morgan fingerprint density at radius 3 is 2.47 bits per heavy atom. The summed E-state index contributed by atoms with van der Waals surface area (Å²) in [4.78, 5) is 38.7. The van der Waals surface area contributed by atoms with Gasteiger partial charge >= 0.3 is 5.69 Å². The van der Waals surface area contributed by atoms with Crippen LogP contribution in [0, 0.1) is 6.92 Å². The number of benzene rings is 2. The van der Waals surface area contributed by atoms with Crippen LogP contribution in [0.4, 0.5) is 0 Å². The van der Waals surface area contributed by atoms with Gasteiger partial charge in [-0.2, -0.15) is 0 Å². The standard InChI is InChI=1S/C23H23N3O4/c1-14(2)26-22(28)21-20(17-6-4-5-7-18(17)30-21)25(23(26)29)13-19(27)24-12-16-10-8-15(3)9-11-16/h4-11,14H,12-13H2,1-3H3,(H,24,27). The Bertz CT molecular complexity index is 1360. The summed E-state index contributed by atoms with van der Waals surface area (Å²) in [5.41, 5.74) is 2.02. The van der Waals surface area contributed by atoms with Crippen molar-refractivity contribution in [2.24, 2.45) is 0 Å². The third-order valence-electron chi connectivity index (χ3n) is 5.12. The van der Waals surface area contributed by atoms with Crippen molar-refractivity contribution in [2.75, 3.05) is 0 Å². The summed E-state index contributed by atoms with van der Waals surface area (Å²) in [7, 11) is 0. The summed E-state index contributed by atoms with van der Waals surface area (Å²) in [6, 6.07) is 14.6. The molecule has 30 heavy (non-hydrogen) atoms. The van der Waals surface area contributed by atoms with Crippen LogP contribution < -0.4 is 16.6 Å². The highest BCUT2D eigenvalue weighted by atomic mass is 16.3. The maximum atomic E-state index is 13.1. The zero-order valence-electron chi connectivity index (χ0n) is 17.1. The lowest BCUT2D eigenvalue weighted by atomic mass is 10.1. The molecule has 0 bridgehead atoms. The highest BCUT2D eigenvalue weighted by molar-refractivity contribution is 6.02. The minimum atomic E-state index is -0.528. The molecule has 7 nitrogen and oxygen atoms in total. The van der Waals surface area contributed by atoms with E-state index in [0.29, 0.717) is 23.0 Å². The van der Waals surface area contributed by atoms with Crippen LogP contribution in [-0.2, 0) is 17.9 Å². The van der Waals surface area contributed by atoms with Crippen molar-refractivity contribution < 1.29 is 9.21 Å². The normalized spacial score (nSPS) is 11.5. The van der Waals surface area contributed by atoms with Crippen LogP contribution in [0.5, 0.6) is 0 Å². The van der Waals surface area contributed by atoms with Gasteiger partial charge in [-0.05, 0) is 38.5 Å². The average Bonchev–Trinajstić information content (AvgIpc) is 3.10. The Balaban J connectivity index is 1.77. The van der Waals surface area contributed by atoms with Crippen molar-refractivity contribution in [2.45, 2.75) is 39.9 Å². The van der Waals surface area contributed by atoms with Crippen LogP contribution >= 0.6 is 0 Å². The molecule has 7 heteroatoms. The van der Waals surface area contributed by atoms with E-state index < -0.39 is 11.2 Å². The molecule has 2 aromatic carbocycles. The fourth-order valence-corrected chi connectivity index (χ4v) is 3.57. The molecule has 0 radical (unpaired) electrons. The zero-order chi connectivity index (χ0) is 21.4. The van der Waals surface area contributed by atoms with Crippen LogP contribution in [0.1, 0.15) is 31.0 Å². The van der Waals surface area contributed by atoms with Crippen molar-refractivity contribution in [1.82, 2.24) is 14.5 Å². The van der Waals surface area contributed by atoms with Gasteiger partial charge in [-0.3, -0.25) is 18.7 Å². The van der Waals surface area contributed by atoms with E-state index in [1.165, 1.54) is 4.57 Å². The van der Waals surface area contributed by atoms with Gasteiger partial charge in [0.2, 0.25) is 11.5 Å². The summed E-state index contributed by atoms with van der Waals surface area (Å²) in [6.07, 6.45) is 0. The number of hydrogen-bond acceptors (Lipinski definition) is 4. The number of hydrogen-bond donors (Lipinski definition) is 1. The van der Waals surface area contributed by atoms with Gasteiger partial charge in [0.1, 0.15) is 17.6 Å². The molecule has 1 N–H and O–H groups in total. The molecule has 2 aromatic heterocycles. The molecule has 0 saturated heterocycles. The lowest BCUT2D eigenvalue weighted by Gasteiger charge is -2.14. The molecule has 0 aliphatic carbocycles. The minimum absolute atomic E-state index is 0.0795. The lowest BCUT2D eigenvalue weighted by molar-refractivity contribution is -0.121. The predicted octanol–water partition coefficient (Wildman–Crippen LogP) is 3.12. The van der Waals surface area contributed by atoms with E-state index in [0.717, 1.165) is 15.7 Å². The first-order valence-corrected chi connectivity index (χ1v) is 9.85. The molecule has 0 spiro atoms. The number of fused-ring (bicyclic) bond motifs is 3. The molecule has 0 fully saturated rings. The third kappa shape index (κ3) is 3.43. The smallest absolute Gasteiger partial charge is 0.332 e. The number of nitrogens with one attached hydrogen (secondary N) is 1. The summed E-state index contributed by atoms with van der Waals surface area (Å²) in [5.74, 6) is -0.321. The van der Waals surface area contributed by atoms with E-state index in [1.54, 1.807) is 38.1 Å². The van der Waals surface area contributed by atoms with E-state index in [2.05, 4.69) is 5.32 Å². The summed E-state index contributed by atoms with van der Waals surface area (Å²) < 4.78 is 8.22. The Kier molecular flexibility index (Phi) is 5.03. The SMILES string of the molecule is Cc1ccc(CNC(=O)Cn2c(=O)n(C(C)C)c(=O)c3oc4ccccc4c32)cc1. The van der Waals surface area contributed by atoms with Crippen LogP contribution in [0.3, 0.4) is 0 Å². The van der Waals surface area contributed by atoms with Crippen LogP contribution in [0.15, 0.2) is 62.5 Å². The molecule has 0 aliphatic heterocycles. The maximum Gasteiger partial charge on any atom is 0.332 e. The average molecular weight is 405 g/mol. The molecule has 0 saturated carbocycles. The molecule has 1 amide bonds. The Morgan fingerprint density at radius 2 is 1.77 bits per heavy atom. The Hall–Kier alpha value is -3.61. The third-order valence-corrected chi connectivity index (χ3v) is 5.12. The molecular formula is C23H23N3O4. The monoisotopic (exact) mass is 405 g/mol. The number of aryl methyl sites for hydroxylation is 1. The molecule has 0 atom stereocenters. The van der Waals surface area contributed by atoms with Gasteiger partial charge in [-0.1, -0.05) is 42.0 Å². The fourth-order valence-electron chi connectivity index (χ4n) is 3.57. The van der Waals surface area contributed by atoms with Crippen LogP contribution in [0.25, 0.3) is 22.1 Å². The number of rotatable bonds is 5. The highest BCUT2D eigenvalue weighted by Gasteiger charge is 2.22. The second kappa shape index (κ2) is 7.67. The van der Waals surface area contributed by atoms with E-state index in [4.69, 9.17) is 4.42 Å². The molecule has 2 heterocycles. The van der Waals surface area contributed by atoms with Crippen molar-refractivity contribution in [3.63, 3.8) is 0 Å². The fraction of sp³-hybridized carbons (Fsp3) is 0.261. The number of furan rings is 1. The second-order valence-electron chi connectivity index (χ2n) is 7.68. The Labute approximate surface area is 172 Å². The summed E-state index contributed by atoms with van der Waals surface area (Å²) in [6.45, 7) is 5.64. The molecule has 0 unspecified atom stereocenters. The van der Waals surface area contributed by atoms with Gasteiger partial charge in [0.05, 0.1) is 0 Å². The van der Waals surface area contributed by atoms with Gasteiger partial charge < -0.3 is 9.73 Å². The summed E-state index contributed by atoms with van der Waals surface area (Å²) in [5, 5.41) is 3.47. The molecule has 4 aromatic rings. The van der Waals surface area contributed by atoms with Crippen molar-refractivity contribution >= 4 is 28.0 Å². The first-order chi connectivity index (χ1) is 14.4. The van der Waals surface area contributed by atoms with Gasteiger partial charge in [0, 0.05) is 18.0 Å². The lowest BCUT2D eigenvalue weighted by Crippen LogP contribution is -2.43. The number of nitrogens with zero attached hydrogens (tertiary/aromatic N) is 2. The largest absolute Gasteiger partial charge is 0.449 e. The zero-order valence-corrected chi connectivity index (χ0v) is 17.1. The number of carbonyl (C=O) groups excluding carboxylic acids is 1. The van der Waals surface area contributed by atoms with Crippen molar-refractivity contribution in [3.8, 4) is 0 Å². The highest BCUT2D eigenvalue weighted by Crippen LogP contribution is 2.25. The number of carbonyl (C=O) groups is 1. The van der Waals surface area contributed by atoms with Crippen molar-refractivity contribution in [1.29, 1.82) is 0 Å². The predicted molar refractivity (Wildman–Crippen MR) is 116 cm³/mol. The van der Waals surface area contributed by atoms with Crippen molar-refractivity contribution in [3.05, 3.63) is 80.5 Å². The first-order valence-electron chi connectivity index (χ1n) is 9.85. The summed E-state index contributed by atoms with van der Waals surface area (Å²) >= 11 is 0. The van der Waals surface area contributed by atoms with E-state index in [9.17, 15) is 14.4 Å². The number of aromatic nitrogens is 2. The topological polar surface area (TPSA) is 86.2 Å². The number of para-hydroxylation sites is 1. The van der Waals surface area contributed by atoms with Gasteiger partial charge in [-0.15, -0.1) is 0 Å². The second-order valence-corrected chi connectivity index (χ2v) is 7.68. The minimum Gasteiger partial charge on any atom is -0.449 e. The molecule has 4 rings (SSSR count). The maximum absolute atomic E-state index is 13.1.